The van der Waals surface area contributed by atoms with Crippen LogP contribution in [0.15, 0.2) is 61.2 Å². The van der Waals surface area contributed by atoms with Crippen molar-refractivity contribution in [3.8, 4) is 5.75 Å². The first kappa shape index (κ1) is 18.5. The minimum Gasteiger partial charge on any atom is -0.465 e. The third kappa shape index (κ3) is 4.80. The maximum atomic E-state index is 12.5. The van der Waals surface area contributed by atoms with Crippen molar-refractivity contribution in [1.82, 2.24) is 0 Å². The van der Waals surface area contributed by atoms with E-state index in [0.717, 1.165) is 11.1 Å². The van der Waals surface area contributed by atoms with E-state index < -0.39 is 11.4 Å². The highest BCUT2D eigenvalue weighted by Crippen LogP contribution is 2.31. The van der Waals surface area contributed by atoms with Crippen molar-refractivity contribution in [1.29, 1.82) is 0 Å². The second-order valence-corrected chi connectivity index (χ2v) is 6.44. The Balaban J connectivity index is 2.03. The fourth-order valence-corrected chi connectivity index (χ4v) is 2.40. The molecule has 4 heteroatoms. The van der Waals surface area contributed by atoms with E-state index in [0.29, 0.717) is 17.7 Å². The van der Waals surface area contributed by atoms with Crippen molar-refractivity contribution >= 4 is 17.5 Å². The fraction of sp³-hybridized carbons (Fsp3) is 0.238. The molecular weight excluding hydrogens is 316 g/mol. The molecule has 0 saturated heterocycles. The van der Waals surface area contributed by atoms with Crippen molar-refractivity contribution in [2.45, 2.75) is 20.3 Å². The highest BCUT2D eigenvalue weighted by Gasteiger charge is 2.31. The van der Waals surface area contributed by atoms with Gasteiger partial charge >= 0.3 is 11.9 Å². The van der Waals surface area contributed by atoms with Crippen LogP contribution in [-0.4, -0.2) is 19.0 Å². The molecule has 0 fully saturated rings. The first-order valence-corrected chi connectivity index (χ1v) is 7.97. The molecule has 0 aromatic heterocycles. The lowest BCUT2D eigenvalue weighted by Gasteiger charge is -2.23. The van der Waals surface area contributed by atoms with Gasteiger partial charge in [-0.2, -0.15) is 0 Å². The molecular formula is C21H22O4. The molecule has 0 aliphatic carbocycles. The third-order valence-corrected chi connectivity index (χ3v) is 3.88. The first-order valence-electron chi connectivity index (χ1n) is 7.97. The fourth-order valence-electron chi connectivity index (χ4n) is 2.40. The Morgan fingerprint density at radius 3 is 2.12 bits per heavy atom. The number of hydrogen-bond acceptors (Lipinski definition) is 4. The molecule has 4 nitrogen and oxygen atoms in total. The molecule has 0 unspecified atom stereocenters. The molecule has 0 aliphatic heterocycles. The molecule has 2 rings (SSSR count). The van der Waals surface area contributed by atoms with Crippen molar-refractivity contribution in [3.05, 3.63) is 72.3 Å². The van der Waals surface area contributed by atoms with Gasteiger partial charge in [0.1, 0.15) is 5.75 Å². The lowest BCUT2D eigenvalue weighted by atomic mass is 9.84. The zero-order valence-corrected chi connectivity index (χ0v) is 14.7. The molecule has 0 amide bonds. The van der Waals surface area contributed by atoms with Crippen LogP contribution in [-0.2, 0) is 9.53 Å². The molecule has 0 radical (unpaired) electrons. The van der Waals surface area contributed by atoms with E-state index >= 15 is 0 Å². The van der Waals surface area contributed by atoms with Gasteiger partial charge in [-0.05, 0) is 55.7 Å². The monoisotopic (exact) mass is 338 g/mol. The largest absolute Gasteiger partial charge is 0.465 e. The SMILES string of the molecule is C=C(CC(C)(C)C(=O)Oc1ccc(C(=O)OC)cc1)c1ccccc1. The lowest BCUT2D eigenvalue weighted by Crippen LogP contribution is -2.29. The van der Waals surface area contributed by atoms with Crippen LogP contribution in [0.5, 0.6) is 5.75 Å². The Hall–Kier alpha value is -2.88. The molecule has 0 N–H and O–H groups in total. The number of carbonyl (C=O) groups is 2. The summed E-state index contributed by atoms with van der Waals surface area (Å²) in [5.74, 6) is -0.399. The first-order chi connectivity index (χ1) is 11.8. The summed E-state index contributed by atoms with van der Waals surface area (Å²) < 4.78 is 10.1. The average Bonchev–Trinajstić information content (AvgIpc) is 2.62. The number of rotatable bonds is 6. The molecule has 0 spiro atoms. The van der Waals surface area contributed by atoms with E-state index in [1.165, 1.54) is 7.11 Å². The number of esters is 2. The summed E-state index contributed by atoms with van der Waals surface area (Å²) in [5.41, 5.74) is 1.56. The van der Waals surface area contributed by atoms with Gasteiger partial charge in [0.15, 0.2) is 0 Å². The maximum Gasteiger partial charge on any atom is 0.337 e. The number of ether oxygens (including phenoxy) is 2. The summed E-state index contributed by atoms with van der Waals surface area (Å²) in [4.78, 5) is 23.9. The normalized spacial score (nSPS) is 10.8. The van der Waals surface area contributed by atoms with Gasteiger partial charge in [0.05, 0.1) is 18.1 Å². The summed E-state index contributed by atoms with van der Waals surface area (Å²) in [6.45, 7) is 7.73. The van der Waals surface area contributed by atoms with Gasteiger partial charge in [-0.3, -0.25) is 4.79 Å². The van der Waals surface area contributed by atoms with Crippen LogP contribution in [0.2, 0.25) is 0 Å². The predicted molar refractivity (Wildman–Crippen MR) is 97.3 cm³/mol. The van der Waals surface area contributed by atoms with E-state index in [9.17, 15) is 9.59 Å². The maximum absolute atomic E-state index is 12.5. The Labute approximate surface area is 148 Å². The van der Waals surface area contributed by atoms with Crippen molar-refractivity contribution < 1.29 is 19.1 Å². The smallest absolute Gasteiger partial charge is 0.337 e. The van der Waals surface area contributed by atoms with Gasteiger partial charge in [-0.15, -0.1) is 0 Å². The Morgan fingerprint density at radius 1 is 0.960 bits per heavy atom. The third-order valence-electron chi connectivity index (χ3n) is 3.88. The minimum absolute atomic E-state index is 0.351. The van der Waals surface area contributed by atoms with Crippen LogP contribution in [0.3, 0.4) is 0 Å². The van der Waals surface area contributed by atoms with Crippen molar-refractivity contribution in [3.63, 3.8) is 0 Å². The van der Waals surface area contributed by atoms with E-state index in [-0.39, 0.29) is 5.97 Å². The minimum atomic E-state index is -0.728. The summed E-state index contributed by atoms with van der Waals surface area (Å²) >= 11 is 0. The topological polar surface area (TPSA) is 52.6 Å². The van der Waals surface area contributed by atoms with E-state index in [2.05, 4.69) is 11.3 Å². The molecule has 2 aromatic rings. The summed E-state index contributed by atoms with van der Waals surface area (Å²) in [6, 6.07) is 16.0. The number of benzene rings is 2. The molecule has 130 valence electrons. The summed E-state index contributed by atoms with van der Waals surface area (Å²) in [5, 5.41) is 0. The van der Waals surface area contributed by atoms with Crippen LogP contribution >= 0.6 is 0 Å². The Bertz CT molecular complexity index is 758. The van der Waals surface area contributed by atoms with Crippen LogP contribution in [0.1, 0.15) is 36.2 Å². The van der Waals surface area contributed by atoms with Crippen LogP contribution in [0, 0.1) is 5.41 Å². The summed E-state index contributed by atoms with van der Waals surface area (Å²) in [7, 11) is 1.32. The van der Waals surface area contributed by atoms with Crippen LogP contribution in [0.25, 0.3) is 5.57 Å². The standard InChI is InChI=1S/C21H22O4/c1-15(16-8-6-5-7-9-16)14-21(2,3)20(23)25-18-12-10-17(11-13-18)19(22)24-4/h5-13H,1,14H2,2-4H3. The predicted octanol–water partition coefficient (Wildman–Crippen LogP) is 4.51. The van der Waals surface area contributed by atoms with Crippen LogP contribution < -0.4 is 4.74 Å². The second-order valence-electron chi connectivity index (χ2n) is 6.44. The van der Waals surface area contributed by atoms with Gasteiger partial charge < -0.3 is 9.47 Å². The van der Waals surface area contributed by atoms with E-state index in [4.69, 9.17) is 4.74 Å². The van der Waals surface area contributed by atoms with Gasteiger partial charge in [-0.1, -0.05) is 36.9 Å². The molecule has 25 heavy (non-hydrogen) atoms. The number of carbonyl (C=O) groups excluding carboxylic acids is 2. The molecule has 0 saturated carbocycles. The number of methoxy groups -OCH3 is 1. The Kier molecular flexibility index (Phi) is 5.75. The van der Waals surface area contributed by atoms with Gasteiger partial charge in [0, 0.05) is 0 Å². The molecule has 0 heterocycles. The van der Waals surface area contributed by atoms with Crippen molar-refractivity contribution in [2.75, 3.05) is 7.11 Å². The summed E-state index contributed by atoms with van der Waals surface area (Å²) in [6.07, 6.45) is 0.482. The highest BCUT2D eigenvalue weighted by molar-refractivity contribution is 5.89. The second kappa shape index (κ2) is 7.79. The molecule has 0 atom stereocenters. The van der Waals surface area contributed by atoms with Gasteiger partial charge in [-0.25, -0.2) is 4.79 Å². The van der Waals surface area contributed by atoms with E-state index in [1.807, 2.05) is 44.2 Å². The zero-order chi connectivity index (χ0) is 18.4. The molecule has 0 bridgehead atoms. The molecule has 0 aliphatic rings. The Morgan fingerprint density at radius 2 is 1.56 bits per heavy atom. The van der Waals surface area contributed by atoms with Gasteiger partial charge in [0.25, 0.3) is 0 Å². The lowest BCUT2D eigenvalue weighted by molar-refractivity contribution is -0.143. The molecule has 2 aromatic carbocycles. The zero-order valence-electron chi connectivity index (χ0n) is 14.7. The highest BCUT2D eigenvalue weighted by atomic mass is 16.5. The quantitative estimate of drug-likeness (QED) is 0.574. The number of allylic oxidation sites excluding steroid dienone is 1. The van der Waals surface area contributed by atoms with E-state index in [1.54, 1.807) is 24.3 Å². The van der Waals surface area contributed by atoms with Gasteiger partial charge in [0.2, 0.25) is 0 Å². The van der Waals surface area contributed by atoms with Crippen LogP contribution in [0.4, 0.5) is 0 Å². The average molecular weight is 338 g/mol. The van der Waals surface area contributed by atoms with Crippen molar-refractivity contribution in [2.24, 2.45) is 5.41 Å². The number of hydrogen-bond donors (Lipinski definition) is 0.